The Labute approximate surface area is 225 Å². The zero-order valence-corrected chi connectivity index (χ0v) is 23.2. The molecular formula is C29H37N3O5S. The molecule has 1 aliphatic heterocycles. The lowest BCUT2D eigenvalue weighted by Crippen LogP contribution is -2.47. The number of nitrogens with zero attached hydrogens (tertiary/aromatic N) is 3. The van der Waals surface area contributed by atoms with Crippen LogP contribution in [0.15, 0.2) is 70.2 Å². The van der Waals surface area contributed by atoms with E-state index >= 15 is 0 Å². The summed E-state index contributed by atoms with van der Waals surface area (Å²) in [5.74, 6) is 0.362. The molecule has 1 aromatic heterocycles. The second-order valence-electron chi connectivity index (χ2n) is 9.84. The summed E-state index contributed by atoms with van der Waals surface area (Å²) in [7, 11) is -3.94. The Morgan fingerprint density at radius 2 is 1.63 bits per heavy atom. The third-order valence-corrected chi connectivity index (χ3v) is 8.93. The molecule has 1 fully saturated rings. The van der Waals surface area contributed by atoms with Gasteiger partial charge in [-0.15, -0.1) is 0 Å². The van der Waals surface area contributed by atoms with Crippen molar-refractivity contribution in [3.63, 3.8) is 0 Å². The first kappa shape index (κ1) is 28.0. The van der Waals surface area contributed by atoms with E-state index in [0.29, 0.717) is 43.2 Å². The molecule has 0 spiro atoms. The SMILES string of the molecule is Cc1cc(C)c(S(=O)(=O)N(CCN2CCOCC2)CC(=O)N(Cc2ccccc2)Cc2ccco2)c(C)c1. The van der Waals surface area contributed by atoms with Gasteiger partial charge >= 0.3 is 0 Å². The fourth-order valence-corrected chi connectivity index (χ4v) is 6.73. The van der Waals surface area contributed by atoms with Gasteiger partial charge in [0.2, 0.25) is 15.9 Å². The van der Waals surface area contributed by atoms with E-state index in [4.69, 9.17) is 9.15 Å². The van der Waals surface area contributed by atoms with Crippen molar-refractivity contribution in [1.29, 1.82) is 0 Å². The Morgan fingerprint density at radius 1 is 0.947 bits per heavy atom. The van der Waals surface area contributed by atoms with E-state index in [1.807, 2.05) is 69.3 Å². The number of carbonyl (C=O) groups excluding carboxylic acids is 1. The summed E-state index contributed by atoms with van der Waals surface area (Å²) in [6.45, 7) is 9.37. The van der Waals surface area contributed by atoms with Crippen molar-refractivity contribution >= 4 is 15.9 Å². The summed E-state index contributed by atoms with van der Waals surface area (Å²) in [6, 6.07) is 17.0. The zero-order valence-electron chi connectivity index (χ0n) is 22.4. The van der Waals surface area contributed by atoms with E-state index < -0.39 is 10.0 Å². The molecule has 8 nitrogen and oxygen atoms in total. The highest BCUT2D eigenvalue weighted by atomic mass is 32.2. The molecule has 1 saturated heterocycles. The normalized spacial score (nSPS) is 14.6. The number of carbonyl (C=O) groups is 1. The first-order valence-corrected chi connectivity index (χ1v) is 14.4. The highest BCUT2D eigenvalue weighted by molar-refractivity contribution is 7.89. The van der Waals surface area contributed by atoms with E-state index in [2.05, 4.69) is 4.90 Å². The van der Waals surface area contributed by atoms with Gasteiger partial charge in [-0.05, 0) is 49.6 Å². The van der Waals surface area contributed by atoms with Gasteiger partial charge in [-0.1, -0.05) is 48.0 Å². The summed E-state index contributed by atoms with van der Waals surface area (Å²) in [5.41, 5.74) is 3.33. The fourth-order valence-electron chi connectivity index (χ4n) is 4.94. The number of furan rings is 1. The summed E-state index contributed by atoms with van der Waals surface area (Å²) < 4.78 is 40.5. The van der Waals surface area contributed by atoms with Crippen LogP contribution in [0.4, 0.5) is 0 Å². The summed E-state index contributed by atoms with van der Waals surface area (Å²) in [6.07, 6.45) is 1.57. The van der Waals surface area contributed by atoms with Gasteiger partial charge in [0, 0.05) is 32.7 Å². The standard InChI is InChI=1S/C29H37N3O5S/c1-23-18-24(2)29(25(3)19-23)38(34,35)32(12-11-30-13-16-36-17-14-30)22-28(33)31(21-27-10-7-15-37-27)20-26-8-5-4-6-9-26/h4-10,15,18-19H,11-14,16-17,20-22H2,1-3H3. The van der Waals surface area contributed by atoms with Gasteiger partial charge in [-0.2, -0.15) is 4.31 Å². The van der Waals surface area contributed by atoms with Crippen LogP contribution in [0.3, 0.4) is 0 Å². The first-order chi connectivity index (χ1) is 18.2. The van der Waals surface area contributed by atoms with Crippen LogP contribution in [0.2, 0.25) is 0 Å². The third-order valence-electron chi connectivity index (χ3n) is 6.78. The molecule has 3 aromatic rings. The predicted octanol–water partition coefficient (Wildman–Crippen LogP) is 3.76. The maximum Gasteiger partial charge on any atom is 0.244 e. The lowest BCUT2D eigenvalue weighted by molar-refractivity contribution is -0.133. The zero-order chi connectivity index (χ0) is 27.1. The minimum absolute atomic E-state index is 0.209. The predicted molar refractivity (Wildman–Crippen MR) is 146 cm³/mol. The van der Waals surface area contributed by atoms with Gasteiger partial charge in [0.25, 0.3) is 0 Å². The lowest BCUT2D eigenvalue weighted by atomic mass is 10.1. The van der Waals surface area contributed by atoms with Gasteiger partial charge in [-0.3, -0.25) is 9.69 Å². The Hall–Kier alpha value is -2.98. The maximum atomic E-state index is 14.1. The quantitative estimate of drug-likeness (QED) is 0.369. The van der Waals surface area contributed by atoms with Crippen LogP contribution in [0.5, 0.6) is 0 Å². The summed E-state index contributed by atoms with van der Waals surface area (Å²) >= 11 is 0. The second-order valence-corrected chi connectivity index (χ2v) is 11.7. The van der Waals surface area contributed by atoms with Crippen molar-refractivity contribution in [3.05, 3.63) is 88.9 Å². The van der Waals surface area contributed by atoms with Crippen LogP contribution in [-0.4, -0.2) is 74.4 Å². The van der Waals surface area contributed by atoms with Crippen LogP contribution < -0.4 is 0 Å². The van der Waals surface area contributed by atoms with Gasteiger partial charge < -0.3 is 14.1 Å². The maximum absolute atomic E-state index is 14.1. The minimum atomic E-state index is -3.94. The molecule has 0 radical (unpaired) electrons. The Bertz CT molecular complexity index is 1280. The molecule has 0 N–H and O–H groups in total. The average Bonchev–Trinajstić information content (AvgIpc) is 3.39. The minimum Gasteiger partial charge on any atom is -0.467 e. The number of morpholine rings is 1. The first-order valence-electron chi connectivity index (χ1n) is 13.0. The van der Waals surface area contributed by atoms with Crippen molar-refractivity contribution in [2.75, 3.05) is 45.9 Å². The van der Waals surface area contributed by atoms with Crippen LogP contribution in [0.1, 0.15) is 28.0 Å². The van der Waals surface area contributed by atoms with Crippen molar-refractivity contribution < 1.29 is 22.4 Å². The van der Waals surface area contributed by atoms with Gasteiger partial charge in [0.05, 0.1) is 37.5 Å². The monoisotopic (exact) mass is 539 g/mol. The van der Waals surface area contributed by atoms with Gasteiger partial charge in [-0.25, -0.2) is 8.42 Å². The Morgan fingerprint density at radius 3 is 2.26 bits per heavy atom. The number of rotatable bonds is 11. The fraction of sp³-hybridized carbons (Fsp3) is 0.414. The molecule has 9 heteroatoms. The second kappa shape index (κ2) is 12.7. The molecule has 0 bridgehead atoms. The number of benzene rings is 2. The van der Waals surface area contributed by atoms with Gasteiger partial charge in [0.15, 0.2) is 0 Å². The number of amides is 1. The molecule has 1 aliphatic rings. The molecule has 2 aromatic carbocycles. The molecule has 0 atom stereocenters. The molecule has 38 heavy (non-hydrogen) atoms. The number of hydrogen-bond acceptors (Lipinski definition) is 6. The van der Waals surface area contributed by atoms with Crippen LogP contribution in [-0.2, 0) is 32.6 Å². The molecule has 0 unspecified atom stereocenters. The van der Waals surface area contributed by atoms with Crippen molar-refractivity contribution in [3.8, 4) is 0 Å². The Balaban J connectivity index is 1.62. The molecule has 0 aliphatic carbocycles. The average molecular weight is 540 g/mol. The molecule has 204 valence electrons. The molecule has 1 amide bonds. The highest BCUT2D eigenvalue weighted by Crippen LogP contribution is 2.26. The molecule has 0 saturated carbocycles. The van der Waals surface area contributed by atoms with Crippen LogP contribution >= 0.6 is 0 Å². The number of ether oxygens (including phenoxy) is 1. The van der Waals surface area contributed by atoms with E-state index in [-0.39, 0.29) is 30.4 Å². The number of sulfonamides is 1. The summed E-state index contributed by atoms with van der Waals surface area (Å²) in [4.78, 5) is 17.9. The summed E-state index contributed by atoms with van der Waals surface area (Å²) in [5, 5.41) is 0. The van der Waals surface area contributed by atoms with E-state index in [1.54, 1.807) is 17.2 Å². The Kier molecular flexibility index (Phi) is 9.38. The van der Waals surface area contributed by atoms with Crippen molar-refractivity contribution in [2.45, 2.75) is 38.8 Å². The lowest BCUT2D eigenvalue weighted by Gasteiger charge is -2.31. The van der Waals surface area contributed by atoms with Crippen LogP contribution in [0, 0.1) is 20.8 Å². The van der Waals surface area contributed by atoms with E-state index in [1.165, 1.54) is 4.31 Å². The third kappa shape index (κ3) is 7.11. The van der Waals surface area contributed by atoms with E-state index in [9.17, 15) is 13.2 Å². The van der Waals surface area contributed by atoms with E-state index in [0.717, 1.165) is 24.2 Å². The topological polar surface area (TPSA) is 83.3 Å². The number of aryl methyl sites for hydroxylation is 3. The van der Waals surface area contributed by atoms with Gasteiger partial charge in [0.1, 0.15) is 5.76 Å². The molecular weight excluding hydrogens is 502 g/mol. The van der Waals surface area contributed by atoms with Crippen molar-refractivity contribution in [1.82, 2.24) is 14.1 Å². The smallest absolute Gasteiger partial charge is 0.244 e. The highest BCUT2D eigenvalue weighted by Gasteiger charge is 2.32. The van der Waals surface area contributed by atoms with Crippen LogP contribution in [0.25, 0.3) is 0 Å². The molecule has 2 heterocycles. The van der Waals surface area contributed by atoms with Crippen molar-refractivity contribution in [2.24, 2.45) is 0 Å². The molecule has 4 rings (SSSR count). The largest absolute Gasteiger partial charge is 0.467 e. The number of hydrogen-bond donors (Lipinski definition) is 0.